The Morgan fingerprint density at radius 1 is 0.946 bits per heavy atom. The minimum absolute atomic E-state index is 0.0565. The third-order valence-electron chi connectivity index (χ3n) is 5.31. The third kappa shape index (κ3) is 5.83. The molecule has 0 saturated heterocycles. The number of ether oxygens (including phenoxy) is 1. The monoisotopic (exact) mass is 530 g/mol. The molecular formula is C26H19ClN6O3S. The van der Waals surface area contributed by atoms with Gasteiger partial charge >= 0.3 is 11.7 Å². The average molecular weight is 531 g/mol. The zero-order valence-electron chi connectivity index (χ0n) is 19.1. The summed E-state index contributed by atoms with van der Waals surface area (Å²) in [7, 11) is 0. The number of aromatic amines is 1. The number of halogens is 1. The van der Waals surface area contributed by atoms with Crippen molar-refractivity contribution >= 4 is 51.2 Å². The molecule has 0 fully saturated rings. The van der Waals surface area contributed by atoms with Crippen LogP contribution >= 0.6 is 23.8 Å². The van der Waals surface area contributed by atoms with Crippen LogP contribution < -0.4 is 26.6 Å². The van der Waals surface area contributed by atoms with Crippen molar-refractivity contribution in [3.63, 3.8) is 0 Å². The molecule has 2 heterocycles. The summed E-state index contributed by atoms with van der Waals surface area (Å²) < 4.78 is 6.77. The maximum absolute atomic E-state index is 13.3. The van der Waals surface area contributed by atoms with Crippen LogP contribution in [0.4, 0.5) is 11.4 Å². The maximum atomic E-state index is 13.3. The second-order valence-corrected chi connectivity index (χ2v) is 8.80. The van der Waals surface area contributed by atoms with Gasteiger partial charge in [0.25, 0.3) is 5.56 Å². The second-order valence-electron chi connectivity index (χ2n) is 7.95. The Balaban J connectivity index is 1.37. The number of hydrogen-bond acceptors (Lipinski definition) is 6. The lowest BCUT2D eigenvalue weighted by Gasteiger charge is -2.12. The molecule has 0 aliphatic heterocycles. The molecule has 3 N–H and O–H groups in total. The van der Waals surface area contributed by atoms with Crippen LogP contribution in [0.25, 0.3) is 10.9 Å². The summed E-state index contributed by atoms with van der Waals surface area (Å²) in [5.74, 6) is 0.376. The Morgan fingerprint density at radius 3 is 2.43 bits per heavy atom. The highest BCUT2D eigenvalue weighted by Gasteiger charge is 2.11. The van der Waals surface area contributed by atoms with Crippen molar-refractivity contribution in [2.75, 3.05) is 10.6 Å². The van der Waals surface area contributed by atoms with Crippen molar-refractivity contribution in [2.45, 2.75) is 6.54 Å². The highest BCUT2D eigenvalue weighted by atomic mass is 35.5. The van der Waals surface area contributed by atoms with Gasteiger partial charge < -0.3 is 20.4 Å². The highest BCUT2D eigenvalue weighted by Crippen LogP contribution is 2.21. The van der Waals surface area contributed by atoms with E-state index in [2.05, 4.69) is 25.6 Å². The normalized spacial score (nSPS) is 10.7. The van der Waals surface area contributed by atoms with E-state index in [1.165, 1.54) is 0 Å². The number of nitrogens with one attached hydrogen (secondary N) is 3. The molecular weight excluding hydrogens is 512 g/mol. The molecule has 2 aromatic heterocycles. The number of hydrogen-bond donors (Lipinski definition) is 3. The first-order chi connectivity index (χ1) is 17.9. The first-order valence-electron chi connectivity index (χ1n) is 11.1. The Morgan fingerprint density at radius 2 is 1.68 bits per heavy atom. The van der Waals surface area contributed by atoms with Gasteiger partial charge in [0.15, 0.2) is 5.11 Å². The standard InChI is InChI=1S/C26H19ClN6O3S/c27-17-5-2-7-19(13-17)31-25(37)30-18-6-1-4-16(12-18)15-33-23(34)21-14-20(8-9-22(21)32-26(33)35)36-24-28-10-3-11-29-24/h1-14H,15H2,(H,32,35)(H2,30,31,37). The second kappa shape index (κ2) is 10.6. The van der Waals surface area contributed by atoms with Gasteiger partial charge in [0.1, 0.15) is 5.75 Å². The van der Waals surface area contributed by atoms with Crippen LogP contribution in [0, 0.1) is 0 Å². The van der Waals surface area contributed by atoms with Gasteiger partial charge in [-0.2, -0.15) is 0 Å². The van der Waals surface area contributed by atoms with E-state index in [0.29, 0.717) is 32.5 Å². The lowest BCUT2D eigenvalue weighted by Crippen LogP contribution is -2.35. The van der Waals surface area contributed by atoms with E-state index in [1.54, 1.807) is 48.8 Å². The SMILES string of the molecule is O=c1[nH]c2ccc(Oc3ncccn3)cc2c(=O)n1Cc1cccc(NC(=S)Nc2cccc(Cl)c2)c1. The molecule has 0 aliphatic carbocycles. The number of fused-ring (bicyclic) bond motifs is 1. The minimum atomic E-state index is -0.519. The molecule has 3 aromatic carbocycles. The fourth-order valence-corrected chi connectivity index (χ4v) is 4.10. The summed E-state index contributed by atoms with van der Waals surface area (Å²) in [4.78, 5) is 36.8. The van der Waals surface area contributed by atoms with E-state index >= 15 is 0 Å². The fourth-order valence-electron chi connectivity index (χ4n) is 3.67. The number of H-pyrrole nitrogens is 1. The van der Waals surface area contributed by atoms with E-state index in [9.17, 15) is 9.59 Å². The molecule has 0 bridgehead atoms. The molecule has 5 aromatic rings. The maximum Gasteiger partial charge on any atom is 0.329 e. The van der Waals surface area contributed by atoms with Crippen molar-refractivity contribution in [3.05, 3.63) is 117 Å². The van der Waals surface area contributed by atoms with Gasteiger partial charge in [-0.25, -0.2) is 14.8 Å². The molecule has 0 unspecified atom stereocenters. The van der Waals surface area contributed by atoms with E-state index in [4.69, 9.17) is 28.6 Å². The van der Waals surface area contributed by atoms with E-state index in [-0.39, 0.29) is 12.6 Å². The number of aromatic nitrogens is 4. The quantitative estimate of drug-likeness (QED) is 0.269. The van der Waals surface area contributed by atoms with Gasteiger partial charge in [-0.15, -0.1) is 0 Å². The van der Waals surface area contributed by atoms with Crippen LogP contribution in [0.5, 0.6) is 11.8 Å². The molecule has 37 heavy (non-hydrogen) atoms. The zero-order chi connectivity index (χ0) is 25.8. The number of nitrogens with zero attached hydrogens (tertiary/aromatic N) is 3. The van der Waals surface area contributed by atoms with Crippen molar-refractivity contribution in [2.24, 2.45) is 0 Å². The summed E-state index contributed by atoms with van der Waals surface area (Å²) >= 11 is 11.4. The first kappa shape index (κ1) is 24.2. The average Bonchev–Trinajstić information content (AvgIpc) is 2.88. The Labute approximate surface area is 220 Å². The van der Waals surface area contributed by atoms with Crippen molar-refractivity contribution in [3.8, 4) is 11.8 Å². The lowest BCUT2D eigenvalue weighted by molar-refractivity contribution is 0.442. The van der Waals surface area contributed by atoms with Gasteiger partial charge in [0.2, 0.25) is 0 Å². The van der Waals surface area contributed by atoms with Gasteiger partial charge in [-0.1, -0.05) is 29.8 Å². The van der Waals surface area contributed by atoms with Gasteiger partial charge in [0.05, 0.1) is 17.4 Å². The van der Waals surface area contributed by atoms with Gasteiger partial charge in [-0.05, 0) is 72.4 Å². The lowest BCUT2D eigenvalue weighted by atomic mass is 10.2. The summed E-state index contributed by atoms with van der Waals surface area (Å²) in [6.45, 7) is 0.0565. The third-order valence-corrected chi connectivity index (χ3v) is 5.75. The minimum Gasteiger partial charge on any atom is -0.424 e. The molecule has 0 atom stereocenters. The molecule has 0 aliphatic rings. The Kier molecular flexibility index (Phi) is 6.93. The van der Waals surface area contributed by atoms with Crippen molar-refractivity contribution in [1.29, 1.82) is 0 Å². The molecule has 5 rings (SSSR count). The molecule has 0 saturated carbocycles. The van der Waals surface area contributed by atoms with E-state index in [0.717, 1.165) is 15.8 Å². The van der Waals surface area contributed by atoms with Gasteiger partial charge in [-0.3, -0.25) is 9.36 Å². The van der Waals surface area contributed by atoms with Crippen molar-refractivity contribution in [1.82, 2.24) is 19.5 Å². The number of thiocarbonyl (C=S) groups is 1. The largest absolute Gasteiger partial charge is 0.424 e. The first-order valence-corrected chi connectivity index (χ1v) is 11.9. The van der Waals surface area contributed by atoms with Crippen molar-refractivity contribution < 1.29 is 4.74 Å². The Bertz CT molecular complexity index is 1720. The van der Waals surface area contributed by atoms with Crippen LogP contribution in [0.15, 0.2) is 94.8 Å². The van der Waals surface area contributed by atoms with E-state index < -0.39 is 11.2 Å². The molecule has 11 heteroatoms. The summed E-state index contributed by atoms with van der Waals surface area (Å²) in [5, 5.41) is 7.43. The predicted octanol–water partition coefficient (Wildman–Crippen LogP) is 4.78. The molecule has 0 radical (unpaired) electrons. The molecule has 9 nitrogen and oxygen atoms in total. The molecule has 184 valence electrons. The highest BCUT2D eigenvalue weighted by molar-refractivity contribution is 7.80. The number of anilines is 2. The van der Waals surface area contributed by atoms with Crippen LogP contribution in [-0.2, 0) is 6.54 Å². The van der Waals surface area contributed by atoms with Crippen LogP contribution in [-0.4, -0.2) is 24.6 Å². The predicted molar refractivity (Wildman–Crippen MR) is 148 cm³/mol. The Hall–Kier alpha value is -4.54. The van der Waals surface area contributed by atoms with Gasteiger partial charge in [0, 0.05) is 28.8 Å². The van der Waals surface area contributed by atoms with E-state index in [1.807, 2.05) is 36.4 Å². The molecule has 0 spiro atoms. The molecule has 0 amide bonds. The summed E-state index contributed by atoms with van der Waals surface area (Å²) in [5.41, 5.74) is 1.61. The topological polar surface area (TPSA) is 114 Å². The fraction of sp³-hybridized carbons (Fsp3) is 0.0385. The number of benzene rings is 3. The summed E-state index contributed by atoms with van der Waals surface area (Å²) in [6, 6.07) is 21.1. The van der Waals surface area contributed by atoms with Crippen LogP contribution in [0.2, 0.25) is 5.02 Å². The smallest absolute Gasteiger partial charge is 0.329 e. The zero-order valence-corrected chi connectivity index (χ0v) is 20.7. The number of rotatable bonds is 6. The van der Waals surface area contributed by atoms with Crippen LogP contribution in [0.3, 0.4) is 0 Å². The summed E-state index contributed by atoms with van der Waals surface area (Å²) in [6.07, 6.45) is 3.10. The van der Waals surface area contributed by atoms with Crippen LogP contribution in [0.1, 0.15) is 5.56 Å².